The molecule has 0 fully saturated rings. The Morgan fingerprint density at radius 3 is 2.50 bits per heavy atom. The summed E-state index contributed by atoms with van der Waals surface area (Å²) in [5, 5.41) is 6.92. The van der Waals surface area contributed by atoms with Gasteiger partial charge in [0.1, 0.15) is 16.5 Å². The van der Waals surface area contributed by atoms with Crippen LogP contribution in [0.15, 0.2) is 23.1 Å². The molecule has 0 aliphatic carbocycles. The maximum Gasteiger partial charge on any atom is 0.322 e. The number of carbonyl (C=O) groups is 1. The maximum absolute atomic E-state index is 13.4. The van der Waals surface area contributed by atoms with Gasteiger partial charge in [0.25, 0.3) is 0 Å². The molecule has 1 rings (SSSR count). The smallest absolute Gasteiger partial charge is 0.322 e. The van der Waals surface area contributed by atoms with Gasteiger partial charge < -0.3 is 10.8 Å². The molecular formula is C10H11F2NO4S. The second kappa shape index (κ2) is 5.40. The zero-order valence-electron chi connectivity index (χ0n) is 9.14. The molecule has 18 heavy (non-hydrogen) atoms. The first-order valence-electron chi connectivity index (χ1n) is 4.92. The second-order valence-corrected chi connectivity index (χ2v) is 5.62. The molecule has 0 aliphatic rings. The Balaban J connectivity index is 3.35. The average Bonchev–Trinajstić information content (AvgIpc) is 2.28. The van der Waals surface area contributed by atoms with E-state index in [1.54, 1.807) is 0 Å². The first-order valence-corrected chi connectivity index (χ1v) is 6.47. The van der Waals surface area contributed by atoms with Gasteiger partial charge in [0.15, 0.2) is 15.1 Å². The molecule has 1 unspecified atom stereocenters. The minimum absolute atomic E-state index is 0.201. The molecule has 0 amide bonds. The molecule has 0 bridgehead atoms. The van der Waals surface area contributed by atoms with E-state index in [0.717, 1.165) is 6.07 Å². The molecule has 3 N–H and O–H groups in total. The van der Waals surface area contributed by atoms with Crippen LogP contribution in [0.3, 0.4) is 0 Å². The Morgan fingerprint density at radius 1 is 1.39 bits per heavy atom. The summed E-state index contributed by atoms with van der Waals surface area (Å²) >= 11 is 0. The second-order valence-electron chi connectivity index (χ2n) is 3.52. The molecule has 0 heterocycles. The van der Waals surface area contributed by atoms with E-state index in [-0.39, 0.29) is 13.0 Å². The van der Waals surface area contributed by atoms with Gasteiger partial charge in [-0.25, -0.2) is 17.2 Å². The number of nitrogens with two attached hydrogens (primary N) is 1. The summed E-state index contributed by atoms with van der Waals surface area (Å²) in [6.07, 6.45) is -0.381. The zero-order valence-corrected chi connectivity index (χ0v) is 9.95. The molecule has 0 aromatic heterocycles. The number of carboxylic acid groups (broad SMARTS) is 1. The Bertz CT molecular complexity index is 559. The monoisotopic (exact) mass is 279 g/mol. The zero-order chi connectivity index (χ0) is 13.9. The van der Waals surface area contributed by atoms with Crippen molar-refractivity contribution in [3.8, 4) is 0 Å². The van der Waals surface area contributed by atoms with Gasteiger partial charge in [0.2, 0.25) is 0 Å². The van der Waals surface area contributed by atoms with Crippen LogP contribution in [0.25, 0.3) is 0 Å². The number of benzene rings is 1. The third kappa shape index (κ3) is 2.82. The standard InChI is InChI=1S/C10H11F2NO4S/c11-6-1-2-7(12)9(5-6)18(16,17)8(3-4-13)10(14)15/h1-2,5,8H,3-4,13H2,(H,14,15). The van der Waals surface area contributed by atoms with Gasteiger partial charge in [-0.1, -0.05) is 0 Å². The van der Waals surface area contributed by atoms with Crippen LogP contribution in [0, 0.1) is 11.6 Å². The molecule has 0 saturated carbocycles. The highest BCUT2D eigenvalue weighted by Crippen LogP contribution is 2.22. The van der Waals surface area contributed by atoms with Crippen LogP contribution in [0.4, 0.5) is 8.78 Å². The minimum Gasteiger partial charge on any atom is -0.480 e. The fraction of sp³-hybridized carbons (Fsp3) is 0.300. The summed E-state index contributed by atoms with van der Waals surface area (Å²) in [7, 11) is -4.51. The molecular weight excluding hydrogens is 268 g/mol. The summed E-state index contributed by atoms with van der Waals surface area (Å²) < 4.78 is 50.1. The highest BCUT2D eigenvalue weighted by molar-refractivity contribution is 7.92. The fourth-order valence-electron chi connectivity index (χ4n) is 1.41. The summed E-state index contributed by atoms with van der Waals surface area (Å²) in [6.45, 7) is -0.201. The van der Waals surface area contributed by atoms with E-state index in [2.05, 4.69) is 0 Å². The highest BCUT2D eigenvalue weighted by Gasteiger charge is 2.35. The largest absolute Gasteiger partial charge is 0.480 e. The van der Waals surface area contributed by atoms with Crippen molar-refractivity contribution in [2.75, 3.05) is 6.54 Å². The van der Waals surface area contributed by atoms with Crippen molar-refractivity contribution < 1.29 is 27.1 Å². The van der Waals surface area contributed by atoms with Crippen molar-refractivity contribution >= 4 is 15.8 Å². The highest BCUT2D eigenvalue weighted by atomic mass is 32.2. The van der Waals surface area contributed by atoms with Crippen LogP contribution in [0.2, 0.25) is 0 Å². The molecule has 5 nitrogen and oxygen atoms in total. The van der Waals surface area contributed by atoms with Crippen molar-refractivity contribution in [2.45, 2.75) is 16.6 Å². The third-order valence-electron chi connectivity index (χ3n) is 2.28. The molecule has 0 saturated heterocycles. The van der Waals surface area contributed by atoms with Crippen LogP contribution >= 0.6 is 0 Å². The summed E-state index contributed by atoms with van der Waals surface area (Å²) in [5.74, 6) is -3.81. The number of carboxylic acids is 1. The van der Waals surface area contributed by atoms with Crippen molar-refractivity contribution in [1.82, 2.24) is 0 Å². The maximum atomic E-state index is 13.4. The minimum atomic E-state index is -4.51. The summed E-state index contributed by atoms with van der Waals surface area (Å²) in [4.78, 5) is 9.89. The molecule has 1 aromatic carbocycles. The van der Waals surface area contributed by atoms with E-state index in [0.29, 0.717) is 12.1 Å². The quantitative estimate of drug-likeness (QED) is 0.820. The number of halogens is 2. The molecule has 100 valence electrons. The lowest BCUT2D eigenvalue weighted by Gasteiger charge is -2.13. The van der Waals surface area contributed by atoms with Gasteiger partial charge in [0, 0.05) is 0 Å². The predicted octanol–water partition coefficient (Wildman–Crippen LogP) is 0.540. The summed E-state index contributed by atoms with van der Waals surface area (Å²) in [6, 6.07) is 1.83. The lowest BCUT2D eigenvalue weighted by atomic mass is 10.3. The first-order chi connectivity index (χ1) is 8.30. The molecule has 0 spiro atoms. The van der Waals surface area contributed by atoms with Crippen molar-refractivity contribution in [3.63, 3.8) is 0 Å². The van der Waals surface area contributed by atoms with E-state index in [1.807, 2.05) is 0 Å². The fourth-order valence-corrected chi connectivity index (χ4v) is 3.05. The number of sulfone groups is 1. The predicted molar refractivity (Wildman–Crippen MR) is 58.6 cm³/mol. The number of rotatable bonds is 5. The normalized spacial score (nSPS) is 13.3. The van der Waals surface area contributed by atoms with Crippen LogP contribution in [0.1, 0.15) is 6.42 Å². The number of aliphatic carboxylic acids is 1. The van der Waals surface area contributed by atoms with E-state index in [1.165, 1.54) is 0 Å². The van der Waals surface area contributed by atoms with Crippen LogP contribution in [-0.2, 0) is 14.6 Å². The first kappa shape index (κ1) is 14.5. The lowest BCUT2D eigenvalue weighted by Crippen LogP contribution is -2.33. The van der Waals surface area contributed by atoms with Gasteiger partial charge >= 0.3 is 5.97 Å². The van der Waals surface area contributed by atoms with Gasteiger partial charge in [0.05, 0.1) is 0 Å². The lowest BCUT2D eigenvalue weighted by molar-refractivity contribution is -0.136. The summed E-state index contributed by atoms with van der Waals surface area (Å²) in [5.41, 5.74) is 5.11. The van der Waals surface area contributed by atoms with E-state index in [4.69, 9.17) is 10.8 Å². The molecule has 1 aromatic rings. The van der Waals surface area contributed by atoms with Crippen molar-refractivity contribution in [3.05, 3.63) is 29.8 Å². The number of hydrogen-bond acceptors (Lipinski definition) is 4. The van der Waals surface area contributed by atoms with E-state index >= 15 is 0 Å². The van der Waals surface area contributed by atoms with Crippen molar-refractivity contribution in [1.29, 1.82) is 0 Å². The van der Waals surface area contributed by atoms with Gasteiger partial charge in [-0.15, -0.1) is 0 Å². The SMILES string of the molecule is NCCC(C(=O)O)S(=O)(=O)c1cc(F)ccc1F. The Hall–Kier alpha value is -1.54. The molecule has 1 atom stereocenters. The molecule has 0 aliphatic heterocycles. The van der Waals surface area contributed by atoms with Crippen LogP contribution < -0.4 is 5.73 Å². The molecule has 0 radical (unpaired) electrons. The van der Waals surface area contributed by atoms with Gasteiger partial charge in [-0.05, 0) is 31.2 Å². The van der Waals surface area contributed by atoms with E-state index in [9.17, 15) is 22.0 Å². The Labute approximate surface area is 102 Å². The Morgan fingerprint density at radius 2 is 2.00 bits per heavy atom. The van der Waals surface area contributed by atoms with Gasteiger partial charge in [-0.2, -0.15) is 0 Å². The van der Waals surface area contributed by atoms with E-state index < -0.39 is 37.6 Å². The third-order valence-corrected chi connectivity index (χ3v) is 4.39. The Kier molecular flexibility index (Phi) is 4.36. The van der Waals surface area contributed by atoms with Crippen LogP contribution in [-0.4, -0.2) is 31.3 Å². The average molecular weight is 279 g/mol. The van der Waals surface area contributed by atoms with Crippen molar-refractivity contribution in [2.24, 2.45) is 5.73 Å². The number of hydrogen-bond donors (Lipinski definition) is 2. The topological polar surface area (TPSA) is 97.5 Å². The molecule has 8 heteroatoms. The van der Waals surface area contributed by atoms with Gasteiger partial charge in [-0.3, -0.25) is 4.79 Å². The van der Waals surface area contributed by atoms with Crippen LogP contribution in [0.5, 0.6) is 0 Å².